The fraction of sp³-hybridized carbons (Fsp3) is 0.167. The summed E-state index contributed by atoms with van der Waals surface area (Å²) in [5, 5.41) is 4.91. The van der Waals surface area contributed by atoms with Crippen molar-refractivity contribution in [2.45, 2.75) is 6.92 Å². The van der Waals surface area contributed by atoms with Crippen molar-refractivity contribution in [1.29, 1.82) is 0 Å². The molecule has 0 aliphatic rings. The average molecular weight is 296 g/mol. The summed E-state index contributed by atoms with van der Waals surface area (Å²) in [6, 6.07) is 3.31. The molecule has 5 nitrogen and oxygen atoms in total. The lowest BCUT2D eigenvalue weighted by Gasteiger charge is -2.02. The highest BCUT2D eigenvalue weighted by Gasteiger charge is 2.16. The number of rotatable bonds is 4. The van der Waals surface area contributed by atoms with Crippen molar-refractivity contribution in [2.75, 3.05) is 12.4 Å². The number of methoxy groups -OCH3 is 1. The van der Waals surface area contributed by atoms with E-state index in [0.29, 0.717) is 21.2 Å². The summed E-state index contributed by atoms with van der Waals surface area (Å²) in [6.45, 7) is 1.85. The van der Waals surface area contributed by atoms with E-state index in [1.807, 2.05) is 6.92 Å². The Bertz CT molecular complexity index is 631. The Kier molecular flexibility index (Phi) is 3.87. The van der Waals surface area contributed by atoms with Gasteiger partial charge in [0.05, 0.1) is 17.6 Å². The van der Waals surface area contributed by atoms with Crippen LogP contribution in [0.3, 0.4) is 0 Å². The van der Waals surface area contributed by atoms with Crippen LogP contribution in [0.1, 0.15) is 24.9 Å². The van der Waals surface area contributed by atoms with Crippen molar-refractivity contribution in [1.82, 2.24) is 0 Å². The predicted octanol–water partition coefficient (Wildman–Crippen LogP) is 2.48. The van der Waals surface area contributed by atoms with E-state index in [4.69, 9.17) is 10.5 Å². The van der Waals surface area contributed by atoms with E-state index in [1.165, 1.54) is 29.8 Å². The molecular formula is C12H12N2O3S2. The topological polar surface area (TPSA) is 81.4 Å². The van der Waals surface area contributed by atoms with Crippen LogP contribution in [0, 0.1) is 6.92 Å². The van der Waals surface area contributed by atoms with E-state index in [1.54, 1.807) is 17.5 Å². The first-order valence-electron chi connectivity index (χ1n) is 5.35. The predicted molar refractivity (Wildman–Crippen MR) is 76.4 cm³/mol. The summed E-state index contributed by atoms with van der Waals surface area (Å²) >= 11 is 2.59. The van der Waals surface area contributed by atoms with Crippen molar-refractivity contribution < 1.29 is 14.3 Å². The second-order valence-corrected chi connectivity index (χ2v) is 5.94. The van der Waals surface area contributed by atoms with Gasteiger partial charge in [-0.1, -0.05) is 0 Å². The number of thiophene rings is 2. The van der Waals surface area contributed by atoms with E-state index in [0.717, 1.165) is 4.88 Å². The number of carbonyl (C=O) groups excluding carboxylic acids is 2. The molecule has 0 aliphatic carbocycles. The largest absolute Gasteiger partial charge is 0.496 e. The second-order valence-electron chi connectivity index (χ2n) is 3.77. The van der Waals surface area contributed by atoms with Gasteiger partial charge in [-0.3, -0.25) is 9.59 Å². The Morgan fingerprint density at radius 3 is 2.68 bits per heavy atom. The van der Waals surface area contributed by atoms with Crippen LogP contribution < -0.4 is 15.8 Å². The van der Waals surface area contributed by atoms with Crippen LogP contribution >= 0.6 is 22.7 Å². The van der Waals surface area contributed by atoms with Crippen LogP contribution in [-0.4, -0.2) is 18.9 Å². The highest BCUT2D eigenvalue weighted by Crippen LogP contribution is 2.29. The smallest absolute Gasteiger partial charge is 0.266 e. The standard InChI is InChI=1S/C12H12N2O3S2/c1-6-3-8(10(13)15)12(19-6)14-11(16)9-4-7(17-2)5-18-9/h3-5H,1-2H3,(H2,13,15)(H,14,16). The zero-order valence-corrected chi connectivity index (χ0v) is 12.0. The molecule has 0 aliphatic heterocycles. The Hall–Kier alpha value is -1.86. The van der Waals surface area contributed by atoms with Crippen molar-refractivity contribution in [3.8, 4) is 5.75 Å². The van der Waals surface area contributed by atoms with E-state index in [2.05, 4.69) is 5.32 Å². The number of amides is 2. The van der Waals surface area contributed by atoms with Crippen molar-refractivity contribution in [3.05, 3.63) is 32.8 Å². The van der Waals surface area contributed by atoms with Gasteiger partial charge in [-0.15, -0.1) is 22.7 Å². The normalized spacial score (nSPS) is 10.2. The number of nitrogens with one attached hydrogen (secondary N) is 1. The molecule has 2 aromatic heterocycles. The summed E-state index contributed by atoms with van der Waals surface area (Å²) in [7, 11) is 1.54. The molecule has 0 saturated carbocycles. The van der Waals surface area contributed by atoms with Crippen LogP contribution in [0.15, 0.2) is 17.5 Å². The number of nitrogens with two attached hydrogens (primary N) is 1. The summed E-state index contributed by atoms with van der Waals surface area (Å²) in [5.74, 6) is -0.200. The first-order chi connectivity index (χ1) is 9.01. The molecule has 2 heterocycles. The molecule has 7 heteroatoms. The van der Waals surface area contributed by atoms with Crippen LogP contribution in [0.2, 0.25) is 0 Å². The Balaban J connectivity index is 2.21. The zero-order valence-electron chi connectivity index (χ0n) is 10.4. The summed E-state index contributed by atoms with van der Waals surface area (Å²) in [6.07, 6.45) is 0. The molecule has 2 amide bonds. The van der Waals surface area contributed by atoms with Gasteiger partial charge in [-0.05, 0) is 13.0 Å². The molecule has 0 fully saturated rings. The minimum absolute atomic E-state index is 0.280. The molecule has 19 heavy (non-hydrogen) atoms. The molecule has 0 bridgehead atoms. The zero-order chi connectivity index (χ0) is 14.0. The Labute approximate surface area is 118 Å². The third-order valence-electron chi connectivity index (χ3n) is 2.38. The van der Waals surface area contributed by atoms with Crippen LogP contribution in [-0.2, 0) is 0 Å². The maximum atomic E-state index is 12.0. The Morgan fingerprint density at radius 2 is 2.11 bits per heavy atom. The first kappa shape index (κ1) is 13.6. The number of hydrogen-bond donors (Lipinski definition) is 2. The highest BCUT2D eigenvalue weighted by molar-refractivity contribution is 7.17. The van der Waals surface area contributed by atoms with Crippen molar-refractivity contribution in [2.24, 2.45) is 5.73 Å². The maximum absolute atomic E-state index is 12.0. The van der Waals surface area contributed by atoms with Crippen LogP contribution in [0.4, 0.5) is 5.00 Å². The lowest BCUT2D eigenvalue weighted by molar-refractivity contribution is 0.100. The monoisotopic (exact) mass is 296 g/mol. The van der Waals surface area contributed by atoms with Gasteiger partial charge in [0.1, 0.15) is 10.8 Å². The molecule has 0 spiro atoms. The third-order valence-corrected chi connectivity index (χ3v) is 4.26. The van der Waals surface area contributed by atoms with Gasteiger partial charge in [-0.2, -0.15) is 0 Å². The molecule has 100 valence electrons. The number of ether oxygens (including phenoxy) is 1. The van der Waals surface area contributed by atoms with Gasteiger partial charge in [-0.25, -0.2) is 0 Å². The van der Waals surface area contributed by atoms with Crippen molar-refractivity contribution >= 4 is 39.5 Å². The fourth-order valence-electron chi connectivity index (χ4n) is 1.50. The second kappa shape index (κ2) is 5.41. The average Bonchev–Trinajstić information content (AvgIpc) is 2.95. The fourth-order valence-corrected chi connectivity index (χ4v) is 3.16. The number of primary amides is 1. The highest BCUT2D eigenvalue weighted by atomic mass is 32.1. The summed E-state index contributed by atoms with van der Waals surface area (Å²) in [5.41, 5.74) is 5.60. The molecule has 0 aromatic carbocycles. The number of aryl methyl sites for hydroxylation is 1. The van der Waals surface area contributed by atoms with E-state index < -0.39 is 5.91 Å². The van der Waals surface area contributed by atoms with E-state index in [9.17, 15) is 9.59 Å². The van der Waals surface area contributed by atoms with Gasteiger partial charge >= 0.3 is 0 Å². The molecule has 2 rings (SSSR count). The Morgan fingerprint density at radius 1 is 1.37 bits per heavy atom. The molecule has 0 radical (unpaired) electrons. The maximum Gasteiger partial charge on any atom is 0.266 e. The first-order valence-corrected chi connectivity index (χ1v) is 7.05. The SMILES string of the molecule is COc1csc(C(=O)Nc2sc(C)cc2C(N)=O)c1. The van der Waals surface area contributed by atoms with Gasteiger partial charge in [0.25, 0.3) is 11.8 Å². The minimum atomic E-state index is -0.552. The molecule has 0 saturated heterocycles. The van der Waals surface area contributed by atoms with E-state index >= 15 is 0 Å². The number of carbonyl (C=O) groups is 2. The van der Waals surface area contributed by atoms with Crippen LogP contribution in [0.5, 0.6) is 5.75 Å². The van der Waals surface area contributed by atoms with Crippen molar-refractivity contribution in [3.63, 3.8) is 0 Å². The van der Waals surface area contributed by atoms with Crippen LogP contribution in [0.25, 0.3) is 0 Å². The molecular weight excluding hydrogens is 284 g/mol. The molecule has 0 unspecified atom stereocenters. The number of anilines is 1. The van der Waals surface area contributed by atoms with Gasteiger partial charge in [0.2, 0.25) is 0 Å². The lowest BCUT2D eigenvalue weighted by atomic mass is 10.3. The quantitative estimate of drug-likeness (QED) is 0.909. The minimum Gasteiger partial charge on any atom is -0.496 e. The summed E-state index contributed by atoms with van der Waals surface area (Å²) in [4.78, 5) is 24.7. The van der Waals surface area contributed by atoms with E-state index in [-0.39, 0.29) is 5.91 Å². The van der Waals surface area contributed by atoms with Gasteiger partial charge in [0, 0.05) is 16.3 Å². The third kappa shape index (κ3) is 2.94. The molecule has 3 N–H and O–H groups in total. The molecule has 2 aromatic rings. The summed E-state index contributed by atoms with van der Waals surface area (Å²) < 4.78 is 5.02. The molecule has 0 atom stereocenters. The van der Waals surface area contributed by atoms with Gasteiger partial charge in [0.15, 0.2) is 0 Å². The lowest BCUT2D eigenvalue weighted by Crippen LogP contribution is -2.15. The number of hydrogen-bond acceptors (Lipinski definition) is 5. The van der Waals surface area contributed by atoms with Gasteiger partial charge < -0.3 is 15.8 Å².